The Morgan fingerprint density at radius 3 is 2.15 bits per heavy atom. The number of phosphoric acid groups is 1. The van der Waals surface area contributed by atoms with Crippen molar-refractivity contribution in [2.75, 3.05) is 26.9 Å². The van der Waals surface area contributed by atoms with Gasteiger partial charge in [-0.15, -0.1) is 0 Å². The van der Waals surface area contributed by atoms with Crippen molar-refractivity contribution in [2.24, 2.45) is 5.41 Å². The summed E-state index contributed by atoms with van der Waals surface area (Å²) in [4.78, 5) is 11.3. The lowest BCUT2D eigenvalue weighted by Gasteiger charge is -2.41. The molecule has 0 radical (unpaired) electrons. The van der Waals surface area contributed by atoms with Gasteiger partial charge in [0.25, 0.3) is 0 Å². The SMILES string of the molecule is COC(=O)C12COP(=O)(OC1)OC2. The van der Waals surface area contributed by atoms with Crippen LogP contribution >= 0.6 is 7.82 Å². The zero-order valence-corrected chi connectivity index (χ0v) is 7.91. The average molecular weight is 208 g/mol. The highest BCUT2D eigenvalue weighted by Gasteiger charge is 2.55. The Bertz CT molecular complexity index is 256. The molecule has 0 unspecified atom stereocenters. The number of phosphoric ester groups is 1. The zero-order chi connectivity index (χ0) is 9.53. The Morgan fingerprint density at radius 2 is 1.77 bits per heavy atom. The maximum Gasteiger partial charge on any atom is 0.474 e. The van der Waals surface area contributed by atoms with E-state index in [-0.39, 0.29) is 19.8 Å². The first-order chi connectivity index (χ1) is 6.10. The number of ether oxygens (including phenoxy) is 1. The molecule has 3 saturated heterocycles. The number of esters is 1. The lowest BCUT2D eigenvalue weighted by Crippen LogP contribution is -2.50. The molecule has 2 bridgehead atoms. The molecule has 6 nitrogen and oxygen atoms in total. The smallest absolute Gasteiger partial charge is 0.468 e. The van der Waals surface area contributed by atoms with Gasteiger partial charge in [0.15, 0.2) is 0 Å². The monoisotopic (exact) mass is 208 g/mol. The second-order valence-corrected chi connectivity index (χ2v) is 4.71. The quantitative estimate of drug-likeness (QED) is 0.456. The van der Waals surface area contributed by atoms with Gasteiger partial charge in [0.05, 0.1) is 26.9 Å². The van der Waals surface area contributed by atoms with Crippen LogP contribution in [0.3, 0.4) is 0 Å². The predicted molar refractivity (Wildman–Crippen MR) is 39.9 cm³/mol. The fourth-order valence-corrected chi connectivity index (χ4v) is 2.68. The van der Waals surface area contributed by atoms with Crippen molar-refractivity contribution < 1.29 is 27.7 Å². The molecule has 3 aliphatic heterocycles. The molecule has 3 heterocycles. The third-order valence-corrected chi connectivity index (χ3v) is 3.45. The topological polar surface area (TPSA) is 71.1 Å². The molecular weight excluding hydrogens is 199 g/mol. The van der Waals surface area contributed by atoms with Gasteiger partial charge in [-0.1, -0.05) is 0 Å². The van der Waals surface area contributed by atoms with E-state index in [0.29, 0.717) is 0 Å². The first-order valence-electron chi connectivity index (χ1n) is 3.72. The predicted octanol–water partition coefficient (Wildman–Crippen LogP) is 0.331. The van der Waals surface area contributed by atoms with Gasteiger partial charge in [-0.3, -0.25) is 18.4 Å². The Balaban J connectivity index is 2.20. The lowest BCUT2D eigenvalue weighted by molar-refractivity contribution is -0.173. The summed E-state index contributed by atoms with van der Waals surface area (Å²) in [6.07, 6.45) is 0. The van der Waals surface area contributed by atoms with Crippen LogP contribution in [0.5, 0.6) is 0 Å². The van der Waals surface area contributed by atoms with Crippen LogP contribution in [0.25, 0.3) is 0 Å². The van der Waals surface area contributed by atoms with Gasteiger partial charge >= 0.3 is 13.8 Å². The molecule has 0 atom stereocenters. The Kier molecular flexibility index (Phi) is 1.96. The minimum absolute atomic E-state index is 0.0386. The Labute approximate surface area is 74.7 Å². The summed E-state index contributed by atoms with van der Waals surface area (Å²) < 4.78 is 30.3. The fraction of sp³-hybridized carbons (Fsp3) is 0.833. The summed E-state index contributed by atoms with van der Waals surface area (Å²) in [5.41, 5.74) is -0.930. The molecule has 0 amide bonds. The summed E-state index contributed by atoms with van der Waals surface area (Å²) in [6, 6.07) is 0. The molecule has 74 valence electrons. The van der Waals surface area contributed by atoms with Crippen LogP contribution in [0.4, 0.5) is 0 Å². The minimum Gasteiger partial charge on any atom is -0.468 e. The van der Waals surface area contributed by atoms with Crippen molar-refractivity contribution in [1.29, 1.82) is 0 Å². The molecule has 3 fully saturated rings. The second kappa shape index (κ2) is 2.78. The van der Waals surface area contributed by atoms with Crippen LogP contribution in [-0.4, -0.2) is 32.9 Å². The van der Waals surface area contributed by atoms with Gasteiger partial charge < -0.3 is 4.74 Å². The third kappa shape index (κ3) is 1.30. The highest BCUT2D eigenvalue weighted by molar-refractivity contribution is 7.48. The summed E-state index contributed by atoms with van der Waals surface area (Å²) in [6.45, 7) is 0.116. The highest BCUT2D eigenvalue weighted by Crippen LogP contribution is 2.60. The molecule has 0 aromatic rings. The van der Waals surface area contributed by atoms with Gasteiger partial charge in [0, 0.05) is 0 Å². The number of fused-ring (bicyclic) bond motifs is 3. The highest BCUT2D eigenvalue weighted by atomic mass is 31.2. The molecule has 7 heteroatoms. The summed E-state index contributed by atoms with van der Waals surface area (Å²) in [7, 11) is -2.05. The maximum atomic E-state index is 11.3. The standard InChI is InChI=1S/C6H9O6P/c1-9-5(7)6-2-10-13(8,11-3-6)12-4-6/h2-4H2,1H3. The number of hydrogen-bond acceptors (Lipinski definition) is 6. The van der Waals surface area contributed by atoms with Crippen molar-refractivity contribution in [1.82, 2.24) is 0 Å². The van der Waals surface area contributed by atoms with E-state index in [1.165, 1.54) is 7.11 Å². The molecular formula is C6H9O6P. The van der Waals surface area contributed by atoms with Gasteiger partial charge in [0.2, 0.25) is 0 Å². The second-order valence-electron chi connectivity index (χ2n) is 3.04. The number of rotatable bonds is 1. The number of methoxy groups -OCH3 is 1. The Hall–Kier alpha value is -0.420. The summed E-state index contributed by atoms with van der Waals surface area (Å²) >= 11 is 0. The van der Waals surface area contributed by atoms with Crippen molar-refractivity contribution in [3.05, 3.63) is 0 Å². The van der Waals surface area contributed by atoms with Crippen LogP contribution < -0.4 is 0 Å². The minimum atomic E-state index is -3.33. The lowest BCUT2D eigenvalue weighted by atomic mass is 9.91. The summed E-state index contributed by atoms with van der Waals surface area (Å²) in [5.74, 6) is -0.460. The molecule has 3 rings (SSSR count). The van der Waals surface area contributed by atoms with E-state index in [4.69, 9.17) is 13.6 Å². The average Bonchev–Trinajstić information content (AvgIpc) is 2.18. The van der Waals surface area contributed by atoms with Gasteiger partial charge in [-0.05, 0) is 0 Å². The van der Waals surface area contributed by atoms with Crippen molar-refractivity contribution in [2.45, 2.75) is 0 Å². The van der Waals surface area contributed by atoms with E-state index in [2.05, 4.69) is 4.74 Å². The molecule has 13 heavy (non-hydrogen) atoms. The third-order valence-electron chi connectivity index (χ3n) is 2.12. The molecule has 0 N–H and O–H groups in total. The Morgan fingerprint density at radius 1 is 1.31 bits per heavy atom. The van der Waals surface area contributed by atoms with Gasteiger partial charge in [0.1, 0.15) is 5.41 Å². The molecule has 0 saturated carbocycles. The van der Waals surface area contributed by atoms with Crippen LogP contribution in [0.2, 0.25) is 0 Å². The van der Waals surface area contributed by atoms with Crippen LogP contribution in [0.1, 0.15) is 0 Å². The van der Waals surface area contributed by atoms with Gasteiger partial charge in [-0.25, -0.2) is 4.57 Å². The van der Waals surface area contributed by atoms with Crippen molar-refractivity contribution >= 4 is 13.8 Å². The van der Waals surface area contributed by atoms with E-state index in [9.17, 15) is 9.36 Å². The molecule has 0 aromatic heterocycles. The molecule has 0 spiro atoms. The summed E-state index contributed by atoms with van der Waals surface area (Å²) in [5, 5.41) is 0. The first kappa shape index (κ1) is 9.15. The number of carbonyl (C=O) groups excluding carboxylic acids is 1. The van der Waals surface area contributed by atoms with Crippen molar-refractivity contribution in [3.63, 3.8) is 0 Å². The van der Waals surface area contributed by atoms with E-state index < -0.39 is 19.2 Å². The zero-order valence-electron chi connectivity index (χ0n) is 7.02. The van der Waals surface area contributed by atoms with Gasteiger partial charge in [-0.2, -0.15) is 0 Å². The fourth-order valence-electron chi connectivity index (χ4n) is 1.24. The molecule has 0 aromatic carbocycles. The van der Waals surface area contributed by atoms with E-state index in [1.807, 2.05) is 0 Å². The normalized spacial score (nSPS) is 43.2. The van der Waals surface area contributed by atoms with E-state index in [0.717, 1.165) is 0 Å². The van der Waals surface area contributed by atoms with Crippen LogP contribution in [0.15, 0.2) is 0 Å². The molecule has 0 aliphatic carbocycles. The van der Waals surface area contributed by atoms with E-state index >= 15 is 0 Å². The number of hydrogen-bond donors (Lipinski definition) is 0. The van der Waals surface area contributed by atoms with Crippen LogP contribution in [0, 0.1) is 5.41 Å². The van der Waals surface area contributed by atoms with Crippen molar-refractivity contribution in [3.8, 4) is 0 Å². The largest absolute Gasteiger partial charge is 0.474 e. The van der Waals surface area contributed by atoms with E-state index in [1.54, 1.807) is 0 Å². The maximum absolute atomic E-state index is 11.3. The van der Waals surface area contributed by atoms with Crippen LogP contribution in [-0.2, 0) is 27.7 Å². The molecule has 3 aliphatic rings. The number of carbonyl (C=O) groups is 1. The first-order valence-corrected chi connectivity index (χ1v) is 5.18.